The molecule has 5 heteroatoms. The van der Waals surface area contributed by atoms with E-state index in [0.29, 0.717) is 18.4 Å². The van der Waals surface area contributed by atoms with Crippen molar-refractivity contribution in [2.75, 3.05) is 11.9 Å². The number of nitrogens with zero attached hydrogens (tertiary/aromatic N) is 1. The van der Waals surface area contributed by atoms with Crippen LogP contribution >= 0.6 is 0 Å². The Bertz CT molecular complexity index is 1110. The summed E-state index contributed by atoms with van der Waals surface area (Å²) in [6, 6.07) is 16.1. The molecule has 0 aromatic heterocycles. The largest absolute Gasteiger partial charge is 0.506 e. The van der Waals surface area contributed by atoms with Gasteiger partial charge in [0, 0.05) is 17.6 Å². The van der Waals surface area contributed by atoms with Gasteiger partial charge in [0.15, 0.2) is 0 Å². The summed E-state index contributed by atoms with van der Waals surface area (Å²) in [7, 11) is 0. The standard InChI is InChI=1S/C24H24N2O3/c1-15-7-5-10-20(16(15)2)25-23(28)21-11-6-14-26(21)24(29)19-13-12-17-8-3-4-9-18(17)22(19)27/h3-5,7-10,12-13,21,27H,6,11,14H2,1-2H3,(H,25,28). The number of rotatable bonds is 3. The van der Waals surface area contributed by atoms with E-state index < -0.39 is 6.04 Å². The number of likely N-dealkylation sites (tertiary alicyclic amines) is 1. The smallest absolute Gasteiger partial charge is 0.258 e. The third kappa shape index (κ3) is 3.44. The van der Waals surface area contributed by atoms with Gasteiger partial charge in [-0.2, -0.15) is 0 Å². The molecule has 2 amide bonds. The molecule has 1 aliphatic rings. The highest BCUT2D eigenvalue weighted by Crippen LogP contribution is 2.31. The Morgan fingerprint density at radius 2 is 1.83 bits per heavy atom. The number of fused-ring (bicyclic) bond motifs is 1. The van der Waals surface area contributed by atoms with Gasteiger partial charge in [0.1, 0.15) is 11.8 Å². The van der Waals surface area contributed by atoms with E-state index >= 15 is 0 Å². The van der Waals surface area contributed by atoms with Crippen molar-refractivity contribution in [1.82, 2.24) is 4.90 Å². The van der Waals surface area contributed by atoms with Crippen LogP contribution in [0.4, 0.5) is 5.69 Å². The van der Waals surface area contributed by atoms with Gasteiger partial charge in [-0.3, -0.25) is 9.59 Å². The van der Waals surface area contributed by atoms with Crippen molar-refractivity contribution < 1.29 is 14.7 Å². The first kappa shape index (κ1) is 19.0. The molecule has 3 aromatic rings. The fraction of sp³-hybridized carbons (Fsp3) is 0.250. The number of hydrogen-bond donors (Lipinski definition) is 2. The van der Waals surface area contributed by atoms with E-state index in [4.69, 9.17) is 0 Å². The van der Waals surface area contributed by atoms with E-state index in [9.17, 15) is 14.7 Å². The molecule has 1 saturated heterocycles. The third-order valence-electron chi connectivity index (χ3n) is 5.81. The topological polar surface area (TPSA) is 69.6 Å². The lowest BCUT2D eigenvalue weighted by atomic mass is 10.0. The highest BCUT2D eigenvalue weighted by Gasteiger charge is 2.35. The summed E-state index contributed by atoms with van der Waals surface area (Å²) in [4.78, 5) is 27.7. The Kier molecular flexibility index (Phi) is 4.97. The lowest BCUT2D eigenvalue weighted by molar-refractivity contribution is -0.119. The Labute approximate surface area is 170 Å². The van der Waals surface area contributed by atoms with Crippen LogP contribution in [0.5, 0.6) is 5.75 Å². The van der Waals surface area contributed by atoms with Gasteiger partial charge < -0.3 is 15.3 Å². The minimum Gasteiger partial charge on any atom is -0.506 e. The second-order valence-electron chi connectivity index (χ2n) is 7.58. The molecule has 5 nitrogen and oxygen atoms in total. The molecule has 148 valence electrons. The van der Waals surface area contributed by atoms with Crippen molar-refractivity contribution in [2.24, 2.45) is 0 Å². The summed E-state index contributed by atoms with van der Waals surface area (Å²) < 4.78 is 0. The van der Waals surface area contributed by atoms with Crippen LogP contribution in [-0.2, 0) is 4.79 Å². The van der Waals surface area contributed by atoms with Gasteiger partial charge in [0.2, 0.25) is 5.91 Å². The molecular formula is C24H24N2O3. The van der Waals surface area contributed by atoms with E-state index in [0.717, 1.165) is 28.6 Å². The number of nitrogens with one attached hydrogen (secondary N) is 1. The summed E-state index contributed by atoms with van der Waals surface area (Å²) in [5.41, 5.74) is 3.12. The molecule has 2 N–H and O–H groups in total. The molecule has 1 fully saturated rings. The van der Waals surface area contributed by atoms with Crippen LogP contribution in [0.25, 0.3) is 10.8 Å². The average Bonchev–Trinajstić information content (AvgIpc) is 3.21. The van der Waals surface area contributed by atoms with E-state index in [2.05, 4.69) is 5.32 Å². The molecule has 1 atom stereocenters. The Morgan fingerprint density at radius 1 is 1.03 bits per heavy atom. The normalized spacial score (nSPS) is 16.2. The molecule has 0 spiro atoms. The third-order valence-corrected chi connectivity index (χ3v) is 5.81. The molecule has 29 heavy (non-hydrogen) atoms. The molecule has 3 aromatic carbocycles. The molecule has 1 unspecified atom stereocenters. The van der Waals surface area contributed by atoms with Crippen LogP contribution in [0.2, 0.25) is 0 Å². The van der Waals surface area contributed by atoms with Crippen LogP contribution < -0.4 is 5.32 Å². The SMILES string of the molecule is Cc1cccc(NC(=O)C2CCCN2C(=O)c2ccc3ccccc3c2O)c1C. The van der Waals surface area contributed by atoms with Crippen LogP contribution in [0.1, 0.15) is 34.3 Å². The minimum atomic E-state index is -0.548. The second kappa shape index (κ2) is 7.59. The molecule has 0 radical (unpaired) electrons. The average molecular weight is 388 g/mol. The fourth-order valence-electron chi connectivity index (χ4n) is 3.97. The molecule has 4 rings (SSSR count). The number of aromatic hydroxyl groups is 1. The van der Waals surface area contributed by atoms with Gasteiger partial charge >= 0.3 is 0 Å². The van der Waals surface area contributed by atoms with Gasteiger partial charge in [0.25, 0.3) is 5.91 Å². The van der Waals surface area contributed by atoms with Crippen molar-refractivity contribution >= 4 is 28.3 Å². The maximum Gasteiger partial charge on any atom is 0.258 e. The Hall–Kier alpha value is -3.34. The van der Waals surface area contributed by atoms with Crippen molar-refractivity contribution in [2.45, 2.75) is 32.7 Å². The van der Waals surface area contributed by atoms with Crippen LogP contribution in [0.15, 0.2) is 54.6 Å². The van der Waals surface area contributed by atoms with Gasteiger partial charge in [-0.05, 0) is 55.3 Å². The summed E-state index contributed by atoms with van der Waals surface area (Å²) in [6.07, 6.45) is 1.36. The number of benzene rings is 3. The number of hydrogen-bond acceptors (Lipinski definition) is 3. The summed E-state index contributed by atoms with van der Waals surface area (Å²) in [5, 5.41) is 15.1. The van der Waals surface area contributed by atoms with Crippen LogP contribution in [-0.4, -0.2) is 34.4 Å². The number of anilines is 1. The lowest BCUT2D eigenvalue weighted by Gasteiger charge is -2.25. The maximum absolute atomic E-state index is 13.2. The molecular weight excluding hydrogens is 364 g/mol. The second-order valence-corrected chi connectivity index (χ2v) is 7.58. The highest BCUT2D eigenvalue weighted by molar-refractivity contribution is 6.06. The predicted octanol–water partition coefficient (Wildman–Crippen LogP) is 4.41. The first-order chi connectivity index (χ1) is 14.0. The first-order valence-corrected chi connectivity index (χ1v) is 9.86. The number of phenolic OH excluding ortho intramolecular Hbond substituents is 1. The van der Waals surface area contributed by atoms with E-state index in [-0.39, 0.29) is 23.1 Å². The van der Waals surface area contributed by atoms with Crippen molar-refractivity contribution in [3.63, 3.8) is 0 Å². The van der Waals surface area contributed by atoms with Gasteiger partial charge in [-0.25, -0.2) is 0 Å². The van der Waals surface area contributed by atoms with E-state index in [1.54, 1.807) is 17.0 Å². The molecule has 0 bridgehead atoms. The molecule has 0 saturated carbocycles. The molecule has 1 heterocycles. The van der Waals surface area contributed by atoms with Crippen molar-refractivity contribution in [3.8, 4) is 5.75 Å². The zero-order valence-corrected chi connectivity index (χ0v) is 16.6. The Balaban J connectivity index is 1.59. The van der Waals surface area contributed by atoms with E-state index in [1.807, 2.05) is 56.3 Å². The zero-order chi connectivity index (χ0) is 20.5. The monoisotopic (exact) mass is 388 g/mol. The van der Waals surface area contributed by atoms with Crippen LogP contribution in [0.3, 0.4) is 0 Å². The van der Waals surface area contributed by atoms with Gasteiger partial charge in [0.05, 0.1) is 5.56 Å². The number of phenols is 1. The number of carbonyl (C=O) groups is 2. The fourth-order valence-corrected chi connectivity index (χ4v) is 3.97. The maximum atomic E-state index is 13.2. The Morgan fingerprint density at radius 3 is 2.66 bits per heavy atom. The number of carbonyl (C=O) groups excluding carboxylic acids is 2. The van der Waals surface area contributed by atoms with Gasteiger partial charge in [-0.15, -0.1) is 0 Å². The summed E-state index contributed by atoms with van der Waals surface area (Å²) in [6.45, 7) is 4.46. The summed E-state index contributed by atoms with van der Waals surface area (Å²) in [5.74, 6) is -0.537. The zero-order valence-electron chi connectivity index (χ0n) is 16.6. The molecule has 0 aliphatic carbocycles. The number of amides is 2. The number of aryl methyl sites for hydroxylation is 1. The predicted molar refractivity (Wildman–Crippen MR) is 114 cm³/mol. The lowest BCUT2D eigenvalue weighted by Crippen LogP contribution is -2.43. The van der Waals surface area contributed by atoms with E-state index in [1.165, 1.54) is 0 Å². The molecule has 1 aliphatic heterocycles. The minimum absolute atomic E-state index is 0.0336. The van der Waals surface area contributed by atoms with Crippen molar-refractivity contribution in [3.05, 3.63) is 71.3 Å². The van der Waals surface area contributed by atoms with Crippen LogP contribution in [0, 0.1) is 13.8 Å². The summed E-state index contributed by atoms with van der Waals surface area (Å²) >= 11 is 0. The quantitative estimate of drug-likeness (QED) is 0.698. The first-order valence-electron chi connectivity index (χ1n) is 9.86. The van der Waals surface area contributed by atoms with Gasteiger partial charge in [-0.1, -0.05) is 42.5 Å². The highest BCUT2D eigenvalue weighted by atomic mass is 16.3. The van der Waals surface area contributed by atoms with Crippen molar-refractivity contribution in [1.29, 1.82) is 0 Å².